The third-order valence-corrected chi connectivity index (χ3v) is 5.02. The zero-order valence-corrected chi connectivity index (χ0v) is 16.2. The summed E-state index contributed by atoms with van der Waals surface area (Å²) in [6.45, 7) is 2.28. The number of benzene rings is 1. The molecule has 7 heteroatoms. The first-order valence-corrected chi connectivity index (χ1v) is 9.69. The van der Waals surface area contributed by atoms with Gasteiger partial charge in [-0.05, 0) is 49.6 Å². The SMILES string of the molecule is CC(=O)N1CCCC[C@H]1c1nc(Nc2cccc(F)c2)cc(-c2ccncc2)n1. The topological polar surface area (TPSA) is 71.0 Å². The first-order chi connectivity index (χ1) is 14.1. The van der Waals surface area contributed by atoms with Crippen LogP contribution < -0.4 is 5.32 Å². The van der Waals surface area contributed by atoms with Gasteiger partial charge in [0.2, 0.25) is 5.91 Å². The standard InChI is InChI=1S/C22H22FN5O/c1-15(29)28-12-3-2-7-20(28)22-26-19(16-8-10-24-11-9-16)14-21(27-22)25-18-6-4-5-17(23)13-18/h4-6,8-11,13-14,20H,2-3,7,12H2,1H3,(H,25,26,27)/t20-/m0/s1. The van der Waals surface area contributed by atoms with Gasteiger partial charge < -0.3 is 10.2 Å². The fourth-order valence-corrected chi connectivity index (χ4v) is 3.64. The second kappa shape index (κ2) is 8.34. The molecule has 1 fully saturated rings. The van der Waals surface area contributed by atoms with Crippen molar-refractivity contribution < 1.29 is 9.18 Å². The molecule has 4 rings (SSSR count). The lowest BCUT2D eigenvalue weighted by molar-refractivity contribution is -0.132. The van der Waals surface area contributed by atoms with E-state index in [2.05, 4.69) is 15.3 Å². The molecule has 29 heavy (non-hydrogen) atoms. The normalized spacial score (nSPS) is 16.5. The van der Waals surface area contributed by atoms with E-state index in [-0.39, 0.29) is 17.8 Å². The van der Waals surface area contributed by atoms with E-state index in [4.69, 9.17) is 4.98 Å². The average molecular weight is 391 g/mol. The van der Waals surface area contributed by atoms with Crippen molar-refractivity contribution >= 4 is 17.4 Å². The van der Waals surface area contributed by atoms with Crippen molar-refractivity contribution in [2.24, 2.45) is 0 Å². The van der Waals surface area contributed by atoms with E-state index < -0.39 is 0 Å². The molecule has 1 saturated heterocycles. The minimum atomic E-state index is -0.325. The highest BCUT2D eigenvalue weighted by Gasteiger charge is 2.28. The van der Waals surface area contributed by atoms with E-state index in [1.54, 1.807) is 31.5 Å². The molecule has 3 heterocycles. The van der Waals surface area contributed by atoms with Gasteiger partial charge in [0.25, 0.3) is 0 Å². The number of piperidine rings is 1. The van der Waals surface area contributed by atoms with Crippen molar-refractivity contribution in [2.45, 2.75) is 32.2 Å². The maximum Gasteiger partial charge on any atom is 0.220 e. The molecule has 0 spiro atoms. The molecular formula is C22H22FN5O. The third-order valence-electron chi connectivity index (χ3n) is 5.02. The molecule has 1 aliphatic rings. The lowest BCUT2D eigenvalue weighted by Gasteiger charge is -2.34. The summed E-state index contributed by atoms with van der Waals surface area (Å²) in [4.78, 5) is 27.5. The van der Waals surface area contributed by atoms with Crippen molar-refractivity contribution in [3.05, 3.63) is 66.5 Å². The van der Waals surface area contributed by atoms with Crippen LogP contribution in [-0.4, -0.2) is 32.3 Å². The number of halogens is 1. The number of nitrogens with one attached hydrogen (secondary N) is 1. The number of likely N-dealkylation sites (tertiary alicyclic amines) is 1. The van der Waals surface area contributed by atoms with E-state index in [1.807, 2.05) is 23.1 Å². The number of hydrogen-bond donors (Lipinski definition) is 1. The lowest BCUT2D eigenvalue weighted by atomic mass is 10.0. The molecular weight excluding hydrogens is 369 g/mol. The van der Waals surface area contributed by atoms with Gasteiger partial charge in [-0.2, -0.15) is 0 Å². The molecule has 0 unspecified atom stereocenters. The first-order valence-electron chi connectivity index (χ1n) is 9.69. The zero-order valence-electron chi connectivity index (χ0n) is 16.2. The van der Waals surface area contributed by atoms with Crippen LogP contribution in [0.5, 0.6) is 0 Å². The predicted molar refractivity (Wildman–Crippen MR) is 109 cm³/mol. The second-order valence-electron chi connectivity index (χ2n) is 7.09. The van der Waals surface area contributed by atoms with Gasteiger partial charge in [0.05, 0.1) is 11.7 Å². The highest BCUT2D eigenvalue weighted by Crippen LogP contribution is 2.32. The Balaban J connectivity index is 1.76. The molecule has 1 atom stereocenters. The molecule has 0 bridgehead atoms. The number of aromatic nitrogens is 3. The largest absolute Gasteiger partial charge is 0.340 e. The van der Waals surface area contributed by atoms with Gasteiger partial charge in [0, 0.05) is 43.2 Å². The van der Waals surface area contributed by atoms with Crippen LogP contribution in [0.1, 0.15) is 38.1 Å². The number of anilines is 2. The van der Waals surface area contributed by atoms with Crippen molar-refractivity contribution in [3.63, 3.8) is 0 Å². The highest BCUT2D eigenvalue weighted by molar-refractivity contribution is 5.74. The van der Waals surface area contributed by atoms with E-state index in [1.165, 1.54) is 12.1 Å². The van der Waals surface area contributed by atoms with Gasteiger partial charge in [-0.25, -0.2) is 14.4 Å². The Morgan fingerprint density at radius 3 is 2.72 bits per heavy atom. The van der Waals surface area contributed by atoms with Gasteiger partial charge in [-0.3, -0.25) is 9.78 Å². The summed E-state index contributed by atoms with van der Waals surface area (Å²) in [6, 6.07) is 11.6. The van der Waals surface area contributed by atoms with Crippen LogP contribution in [0, 0.1) is 5.82 Å². The molecule has 1 aliphatic heterocycles. The Kier molecular flexibility index (Phi) is 5.46. The fraction of sp³-hybridized carbons (Fsp3) is 0.273. The zero-order chi connectivity index (χ0) is 20.2. The second-order valence-corrected chi connectivity index (χ2v) is 7.09. The highest BCUT2D eigenvalue weighted by atomic mass is 19.1. The number of amides is 1. The number of rotatable bonds is 4. The maximum atomic E-state index is 13.6. The Labute approximate surface area is 168 Å². The van der Waals surface area contributed by atoms with Gasteiger partial charge in [0.15, 0.2) is 5.82 Å². The van der Waals surface area contributed by atoms with Gasteiger partial charge in [0.1, 0.15) is 11.6 Å². The molecule has 1 amide bonds. The van der Waals surface area contributed by atoms with E-state index in [9.17, 15) is 9.18 Å². The Hall–Kier alpha value is -3.35. The number of pyridine rings is 1. The third kappa shape index (κ3) is 4.39. The molecule has 2 aromatic heterocycles. The van der Waals surface area contributed by atoms with Crippen LogP contribution in [0.25, 0.3) is 11.3 Å². The van der Waals surface area contributed by atoms with Crippen molar-refractivity contribution in [2.75, 3.05) is 11.9 Å². The van der Waals surface area contributed by atoms with Gasteiger partial charge in [-0.15, -0.1) is 0 Å². The van der Waals surface area contributed by atoms with Crippen molar-refractivity contribution in [1.82, 2.24) is 19.9 Å². The predicted octanol–water partition coefficient (Wildman–Crippen LogP) is 4.49. The Morgan fingerprint density at radius 1 is 1.14 bits per heavy atom. The number of carbonyl (C=O) groups excluding carboxylic acids is 1. The van der Waals surface area contributed by atoms with Crippen LogP contribution >= 0.6 is 0 Å². The quantitative estimate of drug-likeness (QED) is 0.709. The first kappa shape index (κ1) is 19.0. The van der Waals surface area contributed by atoms with Crippen LogP contribution in [0.2, 0.25) is 0 Å². The number of nitrogens with zero attached hydrogens (tertiary/aromatic N) is 4. The minimum Gasteiger partial charge on any atom is -0.340 e. The smallest absolute Gasteiger partial charge is 0.220 e. The molecule has 3 aromatic rings. The molecule has 0 saturated carbocycles. The van der Waals surface area contributed by atoms with E-state index in [0.29, 0.717) is 23.9 Å². The molecule has 0 radical (unpaired) electrons. The van der Waals surface area contributed by atoms with Crippen molar-refractivity contribution in [1.29, 1.82) is 0 Å². The monoisotopic (exact) mass is 391 g/mol. The summed E-state index contributed by atoms with van der Waals surface area (Å²) in [7, 11) is 0. The summed E-state index contributed by atoms with van der Waals surface area (Å²) in [5.41, 5.74) is 2.23. The van der Waals surface area contributed by atoms with Crippen molar-refractivity contribution in [3.8, 4) is 11.3 Å². The van der Waals surface area contributed by atoms with E-state index >= 15 is 0 Å². The summed E-state index contributed by atoms with van der Waals surface area (Å²) in [5, 5.41) is 3.17. The molecule has 6 nitrogen and oxygen atoms in total. The fourth-order valence-electron chi connectivity index (χ4n) is 3.64. The van der Waals surface area contributed by atoms with Crippen LogP contribution in [0.15, 0.2) is 54.9 Å². The number of hydrogen-bond acceptors (Lipinski definition) is 5. The van der Waals surface area contributed by atoms with Crippen LogP contribution in [0.4, 0.5) is 15.9 Å². The Bertz CT molecular complexity index is 1010. The summed E-state index contributed by atoms with van der Waals surface area (Å²) in [6.07, 6.45) is 6.23. The maximum absolute atomic E-state index is 13.6. The summed E-state index contributed by atoms with van der Waals surface area (Å²) in [5.74, 6) is 0.843. The molecule has 0 aliphatic carbocycles. The number of carbonyl (C=O) groups is 1. The molecule has 1 aromatic carbocycles. The Morgan fingerprint density at radius 2 is 1.97 bits per heavy atom. The van der Waals surface area contributed by atoms with Crippen LogP contribution in [-0.2, 0) is 4.79 Å². The van der Waals surface area contributed by atoms with Crippen LogP contribution in [0.3, 0.4) is 0 Å². The summed E-state index contributed by atoms with van der Waals surface area (Å²) < 4.78 is 13.6. The molecule has 148 valence electrons. The average Bonchev–Trinajstić information content (AvgIpc) is 2.74. The summed E-state index contributed by atoms with van der Waals surface area (Å²) >= 11 is 0. The van der Waals surface area contributed by atoms with Gasteiger partial charge >= 0.3 is 0 Å². The van der Waals surface area contributed by atoms with Gasteiger partial charge in [-0.1, -0.05) is 6.07 Å². The molecule has 1 N–H and O–H groups in total. The minimum absolute atomic E-state index is 0.0206. The van der Waals surface area contributed by atoms with E-state index in [0.717, 1.165) is 30.5 Å². The lowest BCUT2D eigenvalue weighted by Crippen LogP contribution is -2.37.